The summed E-state index contributed by atoms with van der Waals surface area (Å²) in [7, 11) is 0. The van der Waals surface area contributed by atoms with Gasteiger partial charge >= 0.3 is 0 Å². The molecule has 1 aromatic heterocycles. The average Bonchev–Trinajstić information content (AvgIpc) is 3.19. The number of hydrogen-bond acceptors (Lipinski definition) is 3. The van der Waals surface area contributed by atoms with Crippen LogP contribution in [0.3, 0.4) is 0 Å². The summed E-state index contributed by atoms with van der Waals surface area (Å²) in [6.07, 6.45) is 1.86. The van der Waals surface area contributed by atoms with Gasteiger partial charge in [0.15, 0.2) is 5.82 Å². The number of nitrogens with zero attached hydrogens (tertiary/aromatic N) is 3. The normalized spacial score (nSPS) is 17.3. The Morgan fingerprint density at radius 1 is 1.12 bits per heavy atom. The molecule has 0 aliphatic carbocycles. The topological polar surface area (TPSA) is 61.9 Å². The molecule has 132 valence electrons. The molecule has 0 saturated carbocycles. The quantitative estimate of drug-likeness (QED) is 0.785. The molecule has 0 radical (unpaired) electrons. The zero-order valence-electron chi connectivity index (χ0n) is 14.2. The highest BCUT2D eigenvalue weighted by molar-refractivity contribution is 5.94. The molecule has 6 heteroatoms. The van der Waals surface area contributed by atoms with Crippen molar-refractivity contribution in [3.05, 3.63) is 71.8 Å². The van der Waals surface area contributed by atoms with E-state index in [0.29, 0.717) is 24.5 Å². The summed E-state index contributed by atoms with van der Waals surface area (Å²) in [4.78, 5) is 19.1. The van der Waals surface area contributed by atoms with Crippen molar-refractivity contribution < 1.29 is 9.18 Å². The minimum Gasteiger partial charge on any atom is -0.338 e. The second-order valence-electron chi connectivity index (χ2n) is 6.51. The molecule has 1 saturated heterocycles. The molecule has 1 aliphatic heterocycles. The standard InChI is InChI=1S/C20H19FN4O/c21-17-10-8-15(9-11-17)20(26)25-12-4-7-16(13-25)19-22-18(23-24-19)14-5-2-1-3-6-14/h1-3,5-6,8-11,16H,4,7,12-13H2,(H,22,23,24)/t16-/m1/s1. The van der Waals surface area contributed by atoms with E-state index in [-0.39, 0.29) is 17.6 Å². The van der Waals surface area contributed by atoms with Crippen LogP contribution in [0.4, 0.5) is 4.39 Å². The van der Waals surface area contributed by atoms with E-state index >= 15 is 0 Å². The van der Waals surface area contributed by atoms with E-state index in [9.17, 15) is 9.18 Å². The third-order valence-corrected chi connectivity index (χ3v) is 4.72. The van der Waals surface area contributed by atoms with Crippen LogP contribution in [0.5, 0.6) is 0 Å². The Morgan fingerprint density at radius 2 is 1.88 bits per heavy atom. The Kier molecular flexibility index (Phi) is 4.48. The summed E-state index contributed by atoms with van der Waals surface area (Å²) in [5, 5.41) is 7.35. The van der Waals surface area contributed by atoms with Crippen LogP contribution in [-0.2, 0) is 0 Å². The van der Waals surface area contributed by atoms with Crippen LogP contribution in [0, 0.1) is 5.82 Å². The summed E-state index contributed by atoms with van der Waals surface area (Å²) in [5.74, 6) is 1.19. The SMILES string of the molecule is O=C(c1ccc(F)cc1)N1CCC[C@@H](c2nc(-c3ccccc3)n[nH]2)C1. The summed E-state index contributed by atoms with van der Waals surface area (Å²) in [5.41, 5.74) is 1.47. The molecule has 1 atom stereocenters. The monoisotopic (exact) mass is 350 g/mol. The van der Waals surface area contributed by atoms with Gasteiger partial charge in [-0.1, -0.05) is 30.3 Å². The van der Waals surface area contributed by atoms with E-state index < -0.39 is 0 Å². The fourth-order valence-corrected chi connectivity index (χ4v) is 3.33. The highest BCUT2D eigenvalue weighted by Crippen LogP contribution is 2.27. The third-order valence-electron chi connectivity index (χ3n) is 4.72. The highest BCUT2D eigenvalue weighted by atomic mass is 19.1. The molecule has 5 nitrogen and oxygen atoms in total. The van der Waals surface area contributed by atoms with Crippen LogP contribution in [0.25, 0.3) is 11.4 Å². The number of likely N-dealkylation sites (tertiary alicyclic amines) is 1. The molecule has 4 rings (SSSR count). The molecule has 1 fully saturated rings. The maximum atomic E-state index is 13.1. The van der Waals surface area contributed by atoms with Gasteiger partial charge in [0, 0.05) is 30.1 Å². The van der Waals surface area contributed by atoms with Gasteiger partial charge in [-0.05, 0) is 37.1 Å². The Balaban J connectivity index is 1.49. The molecule has 3 aromatic rings. The van der Waals surface area contributed by atoms with Crippen molar-refractivity contribution in [3.8, 4) is 11.4 Å². The molecule has 1 N–H and O–H groups in total. The van der Waals surface area contributed by atoms with E-state index in [4.69, 9.17) is 0 Å². The number of aromatic nitrogens is 3. The lowest BCUT2D eigenvalue weighted by Gasteiger charge is -2.31. The van der Waals surface area contributed by atoms with Crippen LogP contribution in [-0.4, -0.2) is 39.1 Å². The first kappa shape index (κ1) is 16.4. The highest BCUT2D eigenvalue weighted by Gasteiger charge is 2.27. The number of benzene rings is 2. The Labute approximate surface area is 150 Å². The number of hydrogen-bond donors (Lipinski definition) is 1. The van der Waals surface area contributed by atoms with Gasteiger partial charge < -0.3 is 4.90 Å². The molecule has 0 spiro atoms. The largest absolute Gasteiger partial charge is 0.338 e. The van der Waals surface area contributed by atoms with Crippen LogP contribution in [0.2, 0.25) is 0 Å². The van der Waals surface area contributed by atoms with Crippen LogP contribution >= 0.6 is 0 Å². The van der Waals surface area contributed by atoms with Gasteiger partial charge in [0.25, 0.3) is 5.91 Å². The van der Waals surface area contributed by atoms with E-state index in [1.165, 1.54) is 24.3 Å². The van der Waals surface area contributed by atoms with Crippen LogP contribution in [0.15, 0.2) is 54.6 Å². The van der Waals surface area contributed by atoms with Crippen LogP contribution < -0.4 is 0 Å². The summed E-state index contributed by atoms with van der Waals surface area (Å²) >= 11 is 0. The fraction of sp³-hybridized carbons (Fsp3) is 0.250. The predicted octanol–water partition coefficient (Wildman–Crippen LogP) is 3.63. The number of carbonyl (C=O) groups excluding carboxylic acids is 1. The zero-order valence-corrected chi connectivity index (χ0v) is 14.2. The van der Waals surface area contributed by atoms with Gasteiger partial charge in [-0.25, -0.2) is 9.37 Å². The van der Waals surface area contributed by atoms with Crippen LogP contribution in [0.1, 0.15) is 34.9 Å². The second kappa shape index (κ2) is 7.07. The Morgan fingerprint density at radius 3 is 2.65 bits per heavy atom. The number of carbonyl (C=O) groups is 1. The molecular formula is C20H19FN4O. The van der Waals surface area contributed by atoms with Gasteiger partial charge in [0.1, 0.15) is 11.6 Å². The lowest BCUT2D eigenvalue weighted by Crippen LogP contribution is -2.39. The molecule has 1 aliphatic rings. The van der Waals surface area contributed by atoms with Crippen molar-refractivity contribution in [1.82, 2.24) is 20.1 Å². The minimum atomic E-state index is -0.340. The minimum absolute atomic E-state index is 0.0718. The maximum absolute atomic E-state index is 13.1. The van der Waals surface area contributed by atoms with Crippen molar-refractivity contribution in [1.29, 1.82) is 0 Å². The van der Waals surface area contributed by atoms with Crippen molar-refractivity contribution in [2.24, 2.45) is 0 Å². The molecule has 2 heterocycles. The number of H-pyrrole nitrogens is 1. The van der Waals surface area contributed by atoms with E-state index in [2.05, 4.69) is 15.2 Å². The fourth-order valence-electron chi connectivity index (χ4n) is 3.33. The van der Waals surface area contributed by atoms with Crippen molar-refractivity contribution >= 4 is 5.91 Å². The van der Waals surface area contributed by atoms with E-state index in [0.717, 1.165) is 24.2 Å². The maximum Gasteiger partial charge on any atom is 0.253 e. The number of nitrogens with one attached hydrogen (secondary N) is 1. The molecule has 0 unspecified atom stereocenters. The number of amides is 1. The molecule has 1 amide bonds. The summed E-state index contributed by atoms with van der Waals surface area (Å²) in [6.45, 7) is 1.28. The first-order valence-corrected chi connectivity index (χ1v) is 8.73. The molecule has 26 heavy (non-hydrogen) atoms. The van der Waals surface area contributed by atoms with Gasteiger partial charge in [0.2, 0.25) is 0 Å². The molecular weight excluding hydrogens is 331 g/mol. The number of aromatic amines is 1. The summed E-state index contributed by atoms with van der Waals surface area (Å²) in [6, 6.07) is 15.5. The lowest BCUT2D eigenvalue weighted by atomic mass is 9.96. The number of rotatable bonds is 3. The van der Waals surface area contributed by atoms with Gasteiger partial charge in [0.05, 0.1) is 0 Å². The van der Waals surface area contributed by atoms with Crippen molar-refractivity contribution in [2.75, 3.05) is 13.1 Å². The first-order chi connectivity index (χ1) is 12.7. The Bertz CT molecular complexity index is 892. The molecule has 2 aromatic carbocycles. The van der Waals surface area contributed by atoms with Crippen molar-refractivity contribution in [3.63, 3.8) is 0 Å². The third kappa shape index (κ3) is 3.35. The van der Waals surface area contributed by atoms with Crippen molar-refractivity contribution in [2.45, 2.75) is 18.8 Å². The van der Waals surface area contributed by atoms with Gasteiger partial charge in [-0.15, -0.1) is 0 Å². The Hall–Kier alpha value is -3.02. The first-order valence-electron chi connectivity index (χ1n) is 8.73. The van der Waals surface area contributed by atoms with E-state index in [1.54, 1.807) is 0 Å². The smallest absolute Gasteiger partial charge is 0.253 e. The number of piperidine rings is 1. The number of halogens is 1. The van der Waals surface area contributed by atoms with Gasteiger partial charge in [-0.3, -0.25) is 9.89 Å². The van der Waals surface area contributed by atoms with Gasteiger partial charge in [-0.2, -0.15) is 5.10 Å². The zero-order chi connectivity index (χ0) is 17.9. The second-order valence-corrected chi connectivity index (χ2v) is 6.51. The summed E-state index contributed by atoms with van der Waals surface area (Å²) < 4.78 is 13.1. The average molecular weight is 350 g/mol. The lowest BCUT2D eigenvalue weighted by molar-refractivity contribution is 0.0704. The predicted molar refractivity (Wildman–Crippen MR) is 96.1 cm³/mol. The van der Waals surface area contributed by atoms with E-state index in [1.807, 2.05) is 35.2 Å². The molecule has 0 bridgehead atoms.